The van der Waals surface area contributed by atoms with Gasteiger partial charge in [-0.3, -0.25) is 0 Å². The third-order valence-electron chi connectivity index (χ3n) is 3.63. The van der Waals surface area contributed by atoms with Gasteiger partial charge < -0.3 is 15.8 Å². The first-order valence-electron chi connectivity index (χ1n) is 7.60. The largest absolute Gasteiger partial charge is 0.444 e. The monoisotopic (exact) mass is 270 g/mol. The second kappa shape index (κ2) is 7.73. The van der Waals surface area contributed by atoms with Crippen LogP contribution in [0.15, 0.2) is 0 Å². The number of unbranched alkanes of at least 4 members (excludes halogenated alkanes) is 1. The number of amides is 1. The Morgan fingerprint density at radius 1 is 1.21 bits per heavy atom. The van der Waals surface area contributed by atoms with Gasteiger partial charge in [-0.1, -0.05) is 12.8 Å². The Morgan fingerprint density at radius 2 is 1.84 bits per heavy atom. The predicted octanol–water partition coefficient (Wildman–Crippen LogP) is 3.20. The number of carbonyl (C=O) groups excluding carboxylic acids is 1. The van der Waals surface area contributed by atoms with Crippen LogP contribution in [0.4, 0.5) is 4.79 Å². The maximum Gasteiger partial charge on any atom is 0.407 e. The van der Waals surface area contributed by atoms with Crippen LogP contribution < -0.4 is 11.1 Å². The Hall–Kier alpha value is -0.770. The molecule has 112 valence electrons. The molecule has 1 saturated carbocycles. The zero-order valence-corrected chi connectivity index (χ0v) is 12.7. The van der Waals surface area contributed by atoms with Crippen LogP contribution in [0.1, 0.15) is 65.7 Å². The van der Waals surface area contributed by atoms with Crippen molar-refractivity contribution in [2.75, 3.05) is 6.54 Å². The lowest BCUT2D eigenvalue weighted by atomic mass is 9.83. The van der Waals surface area contributed by atoms with E-state index in [9.17, 15) is 4.79 Å². The summed E-state index contributed by atoms with van der Waals surface area (Å²) in [6.07, 6.45) is 7.96. The number of carbonyl (C=O) groups is 1. The zero-order valence-electron chi connectivity index (χ0n) is 12.7. The molecule has 0 aliphatic heterocycles. The van der Waals surface area contributed by atoms with Crippen LogP contribution in [0.25, 0.3) is 0 Å². The Balaban J connectivity index is 2.17. The van der Waals surface area contributed by atoms with Gasteiger partial charge in [0.15, 0.2) is 0 Å². The highest BCUT2D eigenvalue weighted by molar-refractivity contribution is 5.68. The fraction of sp³-hybridized carbons (Fsp3) is 0.933. The van der Waals surface area contributed by atoms with Gasteiger partial charge in [-0.15, -0.1) is 0 Å². The Bertz CT molecular complexity index is 266. The van der Waals surface area contributed by atoms with Crippen molar-refractivity contribution in [3.8, 4) is 0 Å². The van der Waals surface area contributed by atoms with Gasteiger partial charge in [0.1, 0.15) is 5.60 Å². The fourth-order valence-electron chi connectivity index (χ4n) is 2.65. The molecule has 0 saturated heterocycles. The van der Waals surface area contributed by atoms with Gasteiger partial charge in [0, 0.05) is 6.04 Å². The van der Waals surface area contributed by atoms with Crippen molar-refractivity contribution >= 4 is 6.09 Å². The second-order valence-electron chi connectivity index (χ2n) is 6.65. The lowest BCUT2D eigenvalue weighted by Crippen LogP contribution is -2.40. The van der Waals surface area contributed by atoms with Gasteiger partial charge in [-0.2, -0.15) is 0 Å². The molecule has 0 bridgehead atoms. The number of rotatable bonds is 5. The summed E-state index contributed by atoms with van der Waals surface area (Å²) in [5, 5.41) is 2.98. The van der Waals surface area contributed by atoms with Crippen LogP contribution in [0, 0.1) is 5.92 Å². The van der Waals surface area contributed by atoms with Gasteiger partial charge >= 0.3 is 6.09 Å². The summed E-state index contributed by atoms with van der Waals surface area (Å²) in [4.78, 5) is 11.7. The Morgan fingerprint density at radius 3 is 2.37 bits per heavy atom. The maximum atomic E-state index is 11.7. The molecule has 1 rings (SSSR count). The lowest BCUT2D eigenvalue weighted by molar-refractivity contribution is 0.0486. The molecule has 0 spiro atoms. The average molecular weight is 270 g/mol. The average Bonchev–Trinajstić information content (AvgIpc) is 2.29. The quantitative estimate of drug-likeness (QED) is 0.754. The van der Waals surface area contributed by atoms with Crippen LogP contribution >= 0.6 is 0 Å². The molecule has 4 nitrogen and oxygen atoms in total. The summed E-state index contributed by atoms with van der Waals surface area (Å²) in [7, 11) is 0. The molecule has 0 aromatic heterocycles. The van der Waals surface area contributed by atoms with E-state index in [-0.39, 0.29) is 6.09 Å². The van der Waals surface area contributed by atoms with E-state index in [0.717, 1.165) is 31.7 Å². The van der Waals surface area contributed by atoms with E-state index in [2.05, 4.69) is 5.32 Å². The topological polar surface area (TPSA) is 64.3 Å². The number of nitrogens with one attached hydrogen (secondary N) is 1. The van der Waals surface area contributed by atoms with Crippen molar-refractivity contribution in [1.29, 1.82) is 0 Å². The molecule has 0 unspecified atom stereocenters. The third kappa shape index (κ3) is 7.41. The van der Waals surface area contributed by atoms with E-state index in [0.29, 0.717) is 6.04 Å². The van der Waals surface area contributed by atoms with Gasteiger partial charge in [0.25, 0.3) is 0 Å². The highest BCUT2D eigenvalue weighted by Crippen LogP contribution is 2.28. The molecule has 0 aromatic carbocycles. The van der Waals surface area contributed by atoms with Crippen LogP contribution in [0.2, 0.25) is 0 Å². The molecule has 0 radical (unpaired) electrons. The summed E-state index contributed by atoms with van der Waals surface area (Å²) in [5.41, 5.74) is 5.10. The van der Waals surface area contributed by atoms with E-state index in [1.165, 1.54) is 25.7 Å². The van der Waals surface area contributed by atoms with Crippen molar-refractivity contribution < 1.29 is 9.53 Å². The minimum atomic E-state index is -0.413. The standard InChI is InChI=1S/C15H30N2O2/c1-15(2,3)19-14(18)17-13-9-7-12(8-10-13)6-4-5-11-16/h12-13H,4-11,16H2,1-3H3,(H,17,18). The SMILES string of the molecule is CC(C)(C)OC(=O)NC1CCC(CCCCN)CC1. The summed E-state index contributed by atoms with van der Waals surface area (Å²) < 4.78 is 5.28. The zero-order chi connectivity index (χ0) is 14.3. The van der Waals surface area contributed by atoms with Crippen molar-refractivity contribution in [1.82, 2.24) is 5.32 Å². The molecule has 19 heavy (non-hydrogen) atoms. The minimum absolute atomic E-state index is 0.279. The molecule has 1 aliphatic rings. The molecule has 1 aliphatic carbocycles. The molecule has 0 aromatic rings. The summed E-state index contributed by atoms with van der Waals surface area (Å²) in [6.45, 7) is 6.47. The maximum absolute atomic E-state index is 11.7. The molecular weight excluding hydrogens is 240 g/mol. The molecular formula is C15H30N2O2. The molecule has 0 heterocycles. The Kier molecular flexibility index (Phi) is 6.63. The van der Waals surface area contributed by atoms with Crippen LogP contribution in [0.5, 0.6) is 0 Å². The number of nitrogens with two attached hydrogens (primary N) is 1. The normalized spacial score (nSPS) is 24.0. The van der Waals surface area contributed by atoms with E-state index in [1.807, 2.05) is 20.8 Å². The number of alkyl carbamates (subject to hydrolysis) is 1. The van der Waals surface area contributed by atoms with Crippen molar-refractivity contribution in [3.05, 3.63) is 0 Å². The van der Waals surface area contributed by atoms with Crippen molar-refractivity contribution in [2.24, 2.45) is 11.7 Å². The lowest BCUT2D eigenvalue weighted by Gasteiger charge is -2.30. The first-order valence-corrected chi connectivity index (χ1v) is 7.60. The number of hydrogen-bond donors (Lipinski definition) is 2. The van der Waals surface area contributed by atoms with Crippen molar-refractivity contribution in [3.63, 3.8) is 0 Å². The molecule has 3 N–H and O–H groups in total. The van der Waals surface area contributed by atoms with Gasteiger partial charge in [-0.05, 0) is 65.3 Å². The first-order chi connectivity index (χ1) is 8.90. The highest BCUT2D eigenvalue weighted by atomic mass is 16.6. The molecule has 1 fully saturated rings. The number of ether oxygens (including phenoxy) is 1. The third-order valence-corrected chi connectivity index (χ3v) is 3.63. The van der Waals surface area contributed by atoms with E-state index < -0.39 is 5.60 Å². The second-order valence-corrected chi connectivity index (χ2v) is 6.65. The van der Waals surface area contributed by atoms with Gasteiger partial charge in [-0.25, -0.2) is 4.79 Å². The summed E-state index contributed by atoms with van der Waals surface area (Å²) in [6, 6.07) is 0.292. The summed E-state index contributed by atoms with van der Waals surface area (Å²) in [5.74, 6) is 0.822. The van der Waals surface area contributed by atoms with Crippen molar-refractivity contribution in [2.45, 2.75) is 77.4 Å². The molecule has 1 amide bonds. The smallest absolute Gasteiger partial charge is 0.407 e. The van der Waals surface area contributed by atoms with Crippen LogP contribution in [-0.2, 0) is 4.74 Å². The number of hydrogen-bond acceptors (Lipinski definition) is 3. The minimum Gasteiger partial charge on any atom is -0.444 e. The fourth-order valence-corrected chi connectivity index (χ4v) is 2.65. The van der Waals surface area contributed by atoms with E-state index in [1.54, 1.807) is 0 Å². The van der Waals surface area contributed by atoms with Crippen LogP contribution in [0.3, 0.4) is 0 Å². The predicted molar refractivity (Wildman–Crippen MR) is 78.0 cm³/mol. The van der Waals surface area contributed by atoms with Gasteiger partial charge in [0.05, 0.1) is 0 Å². The molecule has 4 heteroatoms. The highest BCUT2D eigenvalue weighted by Gasteiger charge is 2.24. The Labute approximate surface area is 117 Å². The van der Waals surface area contributed by atoms with E-state index >= 15 is 0 Å². The van der Waals surface area contributed by atoms with E-state index in [4.69, 9.17) is 10.5 Å². The molecule has 0 atom stereocenters. The van der Waals surface area contributed by atoms with Crippen LogP contribution in [-0.4, -0.2) is 24.3 Å². The van der Waals surface area contributed by atoms with Gasteiger partial charge in [0.2, 0.25) is 0 Å². The summed E-state index contributed by atoms with van der Waals surface area (Å²) >= 11 is 0. The first kappa shape index (κ1) is 16.3.